The van der Waals surface area contributed by atoms with Crippen LogP contribution in [0.5, 0.6) is 0 Å². The Balaban J connectivity index is 2.33. The molecule has 0 amide bonds. The van der Waals surface area contributed by atoms with Crippen LogP contribution < -0.4 is 0 Å². The fraction of sp³-hybridized carbons (Fsp3) is 0.400. The molecule has 5 nitrogen and oxygen atoms in total. The van der Waals surface area contributed by atoms with Crippen molar-refractivity contribution in [1.82, 2.24) is 15.0 Å². The van der Waals surface area contributed by atoms with Gasteiger partial charge in [-0.3, -0.25) is 0 Å². The van der Waals surface area contributed by atoms with E-state index in [9.17, 15) is 9.90 Å². The van der Waals surface area contributed by atoms with E-state index in [1.165, 1.54) is 0 Å². The number of aromatic nitrogens is 3. The van der Waals surface area contributed by atoms with E-state index >= 15 is 0 Å². The summed E-state index contributed by atoms with van der Waals surface area (Å²) < 4.78 is 1.66. The zero-order valence-electron chi connectivity index (χ0n) is 12.1. The number of carboxylic acids is 1. The van der Waals surface area contributed by atoms with Crippen LogP contribution in [0.2, 0.25) is 5.02 Å². The first-order chi connectivity index (χ1) is 9.99. The van der Waals surface area contributed by atoms with Crippen molar-refractivity contribution in [3.05, 3.63) is 35.0 Å². The Morgan fingerprint density at radius 2 is 2.00 bits per heavy atom. The van der Waals surface area contributed by atoms with Crippen molar-refractivity contribution in [3.63, 3.8) is 0 Å². The highest BCUT2D eigenvalue weighted by Crippen LogP contribution is 2.24. The van der Waals surface area contributed by atoms with E-state index in [2.05, 4.69) is 24.2 Å². The topological polar surface area (TPSA) is 68.0 Å². The van der Waals surface area contributed by atoms with Crippen LogP contribution in [0.25, 0.3) is 11.3 Å². The van der Waals surface area contributed by atoms with Crippen molar-refractivity contribution >= 4 is 17.6 Å². The molecule has 6 heteroatoms. The average Bonchev–Trinajstić information content (AvgIpc) is 2.83. The highest BCUT2D eigenvalue weighted by molar-refractivity contribution is 6.30. The van der Waals surface area contributed by atoms with E-state index in [1.54, 1.807) is 28.9 Å². The monoisotopic (exact) mass is 307 g/mol. The van der Waals surface area contributed by atoms with Crippen LogP contribution in [-0.4, -0.2) is 26.1 Å². The van der Waals surface area contributed by atoms with E-state index < -0.39 is 5.97 Å². The lowest BCUT2D eigenvalue weighted by Crippen LogP contribution is -2.06. The summed E-state index contributed by atoms with van der Waals surface area (Å²) in [5, 5.41) is 17.7. The van der Waals surface area contributed by atoms with Gasteiger partial charge in [-0.25, -0.2) is 9.48 Å². The number of carbonyl (C=O) groups is 1. The van der Waals surface area contributed by atoms with Crippen molar-refractivity contribution in [2.75, 3.05) is 0 Å². The van der Waals surface area contributed by atoms with Gasteiger partial charge < -0.3 is 5.11 Å². The Morgan fingerprint density at radius 1 is 1.33 bits per heavy atom. The van der Waals surface area contributed by atoms with Crippen LogP contribution in [0, 0.1) is 5.92 Å². The van der Waals surface area contributed by atoms with E-state index in [0.717, 1.165) is 18.4 Å². The number of benzene rings is 1. The summed E-state index contributed by atoms with van der Waals surface area (Å²) in [5.41, 5.74) is 1.26. The Labute approximate surface area is 128 Å². The first-order valence-corrected chi connectivity index (χ1v) is 7.29. The van der Waals surface area contributed by atoms with E-state index in [1.807, 2.05) is 0 Å². The maximum Gasteiger partial charge on any atom is 0.358 e. The van der Waals surface area contributed by atoms with E-state index in [-0.39, 0.29) is 5.69 Å². The zero-order chi connectivity index (χ0) is 15.4. The second kappa shape index (κ2) is 6.72. The number of aromatic carboxylic acids is 1. The molecule has 1 N–H and O–H groups in total. The zero-order valence-corrected chi connectivity index (χ0v) is 12.8. The summed E-state index contributed by atoms with van der Waals surface area (Å²) >= 11 is 5.88. The van der Waals surface area contributed by atoms with Gasteiger partial charge in [0.25, 0.3) is 0 Å². The van der Waals surface area contributed by atoms with Crippen LogP contribution in [0.3, 0.4) is 0 Å². The number of carboxylic acid groups (broad SMARTS) is 1. The molecule has 1 aromatic carbocycles. The lowest BCUT2D eigenvalue weighted by atomic mass is 10.1. The first kappa shape index (κ1) is 15.5. The van der Waals surface area contributed by atoms with Crippen molar-refractivity contribution in [3.8, 4) is 11.3 Å². The third kappa shape index (κ3) is 3.82. The largest absolute Gasteiger partial charge is 0.476 e. The van der Waals surface area contributed by atoms with Crippen molar-refractivity contribution in [2.45, 2.75) is 33.2 Å². The molecule has 2 aromatic rings. The molecule has 0 fully saturated rings. The number of hydrogen-bond donors (Lipinski definition) is 1. The van der Waals surface area contributed by atoms with Crippen LogP contribution in [0.1, 0.15) is 37.2 Å². The van der Waals surface area contributed by atoms with Gasteiger partial charge >= 0.3 is 5.97 Å². The molecule has 1 heterocycles. The molecule has 0 atom stereocenters. The first-order valence-electron chi connectivity index (χ1n) is 6.91. The third-order valence-electron chi connectivity index (χ3n) is 3.21. The predicted molar refractivity (Wildman–Crippen MR) is 81.5 cm³/mol. The van der Waals surface area contributed by atoms with Gasteiger partial charge in [0, 0.05) is 17.1 Å². The number of rotatable bonds is 6. The minimum atomic E-state index is -1.07. The Hall–Kier alpha value is -1.88. The number of halogens is 1. The standard InChI is InChI=1S/C15H18ClN3O2/c1-10(2)4-3-9-19-14(13(15(20)21)17-18-19)11-5-7-12(16)8-6-11/h5-8,10H,3-4,9H2,1-2H3,(H,20,21). The van der Waals surface area contributed by atoms with Crippen LogP contribution in [-0.2, 0) is 6.54 Å². The molecule has 0 aliphatic rings. The van der Waals surface area contributed by atoms with Gasteiger partial charge in [0.05, 0.1) is 0 Å². The quantitative estimate of drug-likeness (QED) is 0.883. The molecule has 0 spiro atoms. The highest BCUT2D eigenvalue weighted by Gasteiger charge is 2.20. The normalized spacial score (nSPS) is 11.0. The molecular formula is C15H18ClN3O2. The molecule has 2 rings (SSSR count). The van der Waals surface area contributed by atoms with E-state index in [4.69, 9.17) is 11.6 Å². The fourth-order valence-corrected chi connectivity index (χ4v) is 2.28. The summed E-state index contributed by atoms with van der Waals surface area (Å²) in [6.45, 7) is 4.96. The molecule has 1 aromatic heterocycles. The molecular weight excluding hydrogens is 290 g/mol. The van der Waals surface area contributed by atoms with Crippen LogP contribution in [0.15, 0.2) is 24.3 Å². The van der Waals surface area contributed by atoms with Crippen molar-refractivity contribution < 1.29 is 9.90 Å². The molecule has 0 bridgehead atoms. The summed E-state index contributed by atoms with van der Waals surface area (Å²) in [6.07, 6.45) is 1.99. The third-order valence-corrected chi connectivity index (χ3v) is 3.46. The van der Waals surface area contributed by atoms with Gasteiger partial charge in [0.1, 0.15) is 5.69 Å². The maximum atomic E-state index is 11.3. The molecule has 0 saturated carbocycles. The average molecular weight is 308 g/mol. The maximum absolute atomic E-state index is 11.3. The second-order valence-electron chi connectivity index (χ2n) is 5.36. The van der Waals surface area contributed by atoms with Gasteiger partial charge in [0.2, 0.25) is 0 Å². The molecule has 21 heavy (non-hydrogen) atoms. The van der Waals surface area contributed by atoms with Crippen LogP contribution in [0.4, 0.5) is 0 Å². The summed E-state index contributed by atoms with van der Waals surface area (Å²) in [5.74, 6) is -0.471. The lowest BCUT2D eigenvalue weighted by molar-refractivity contribution is 0.0691. The summed E-state index contributed by atoms with van der Waals surface area (Å²) in [4.78, 5) is 11.3. The predicted octanol–water partition coefficient (Wildman–Crippen LogP) is 3.73. The van der Waals surface area contributed by atoms with Gasteiger partial charge in [-0.2, -0.15) is 0 Å². The van der Waals surface area contributed by atoms with Crippen molar-refractivity contribution in [2.24, 2.45) is 5.92 Å². The molecule has 0 aliphatic heterocycles. The molecule has 0 unspecified atom stereocenters. The van der Waals surface area contributed by atoms with Gasteiger partial charge in [-0.15, -0.1) is 5.10 Å². The summed E-state index contributed by atoms with van der Waals surface area (Å²) in [7, 11) is 0. The SMILES string of the molecule is CC(C)CCCn1nnc(C(=O)O)c1-c1ccc(Cl)cc1. The highest BCUT2D eigenvalue weighted by atomic mass is 35.5. The lowest BCUT2D eigenvalue weighted by Gasteiger charge is -2.08. The Kier molecular flexibility index (Phi) is 4.96. The van der Waals surface area contributed by atoms with Crippen LogP contribution >= 0.6 is 11.6 Å². The molecule has 0 aliphatic carbocycles. The van der Waals surface area contributed by atoms with Gasteiger partial charge in [0.15, 0.2) is 5.69 Å². The Bertz CT molecular complexity index is 620. The molecule has 0 radical (unpaired) electrons. The Morgan fingerprint density at radius 3 is 2.57 bits per heavy atom. The molecule has 0 saturated heterocycles. The molecule has 112 valence electrons. The van der Waals surface area contributed by atoms with Gasteiger partial charge in [-0.1, -0.05) is 42.8 Å². The number of hydrogen-bond acceptors (Lipinski definition) is 3. The second-order valence-corrected chi connectivity index (χ2v) is 5.79. The minimum Gasteiger partial charge on any atom is -0.476 e. The van der Waals surface area contributed by atoms with Gasteiger partial charge in [-0.05, 0) is 30.9 Å². The number of nitrogens with zero attached hydrogens (tertiary/aromatic N) is 3. The number of aryl methyl sites for hydroxylation is 1. The smallest absolute Gasteiger partial charge is 0.358 e. The van der Waals surface area contributed by atoms with E-state index in [0.29, 0.717) is 23.2 Å². The van der Waals surface area contributed by atoms with Crippen molar-refractivity contribution in [1.29, 1.82) is 0 Å². The summed E-state index contributed by atoms with van der Waals surface area (Å²) in [6, 6.07) is 7.03. The fourth-order valence-electron chi connectivity index (χ4n) is 2.16. The minimum absolute atomic E-state index is 0.0260.